The van der Waals surface area contributed by atoms with Crippen molar-refractivity contribution in [2.45, 2.75) is 437 Å². The number of aliphatic hydroxyl groups excluding tert-OH is 1. The Bertz CT molecular complexity index is 1560. The van der Waals surface area contributed by atoms with E-state index >= 15 is 0 Å². The van der Waals surface area contributed by atoms with Gasteiger partial charge in [0.25, 0.3) is 7.82 Å². The number of phosphoric acid groups is 1. The van der Waals surface area contributed by atoms with Crippen LogP contribution in [-0.2, 0) is 18.4 Å². The van der Waals surface area contributed by atoms with E-state index in [0.717, 1.165) is 51.4 Å². The van der Waals surface area contributed by atoms with E-state index in [2.05, 4.69) is 55.6 Å². The molecule has 0 aromatic rings. The van der Waals surface area contributed by atoms with Gasteiger partial charge in [0.2, 0.25) is 5.91 Å². The van der Waals surface area contributed by atoms with Crippen molar-refractivity contribution in [2.75, 3.05) is 40.9 Å². The summed E-state index contributed by atoms with van der Waals surface area (Å²) >= 11 is 0. The molecule has 0 saturated carbocycles. The summed E-state index contributed by atoms with van der Waals surface area (Å²) in [5.74, 6) is -0.155. The molecule has 534 valence electrons. The van der Waals surface area contributed by atoms with Crippen LogP contribution in [0.3, 0.4) is 0 Å². The van der Waals surface area contributed by atoms with Crippen LogP contribution in [-0.4, -0.2) is 68.5 Å². The number of aliphatic hydroxyl groups is 1. The zero-order valence-corrected chi connectivity index (χ0v) is 62.3. The molecule has 0 saturated heterocycles. The minimum absolute atomic E-state index is 0.0149. The number of carbonyl (C=O) groups is 1. The van der Waals surface area contributed by atoms with Crippen LogP contribution in [0.15, 0.2) is 36.5 Å². The summed E-state index contributed by atoms with van der Waals surface area (Å²) in [6.45, 7) is 4.78. The van der Waals surface area contributed by atoms with Gasteiger partial charge in [0, 0.05) is 6.42 Å². The first-order valence-electron chi connectivity index (χ1n) is 40.3. The Morgan fingerprint density at radius 2 is 0.644 bits per heavy atom. The van der Waals surface area contributed by atoms with Crippen LogP contribution in [0.2, 0.25) is 0 Å². The summed E-state index contributed by atoms with van der Waals surface area (Å²) in [4.78, 5) is 25.8. The summed E-state index contributed by atoms with van der Waals surface area (Å²) < 4.78 is 23.6. The molecule has 0 heterocycles. The van der Waals surface area contributed by atoms with Gasteiger partial charge in [-0.3, -0.25) is 9.36 Å². The van der Waals surface area contributed by atoms with E-state index in [1.807, 2.05) is 21.1 Å². The lowest BCUT2D eigenvalue weighted by Gasteiger charge is -2.30. The standard InChI is InChI=1S/C81H159N2O6P/c1-6-8-10-12-14-16-18-20-22-24-26-28-30-32-34-36-38-39-40-41-42-43-45-47-49-51-53-55-57-59-61-63-65-67-69-71-73-75-81(85)82-79(78-89-90(86,87)88-77-76-83(3,4)5)80(84)74-72-70-68-66-64-62-60-58-56-54-52-50-48-46-44-37-35-33-31-29-27-25-23-21-19-17-15-13-11-9-7-2/h18,20,24,26,30,32,79-80,84H,6-17,19,21-23,25,27-29,31,33-78H2,1-5H3,(H-,82,85,86,87)/b20-18-,26-24-,32-30-. The Hall–Kier alpha value is -1.28. The van der Waals surface area contributed by atoms with Crippen molar-refractivity contribution in [2.24, 2.45) is 0 Å². The number of nitrogens with one attached hydrogen (secondary N) is 1. The highest BCUT2D eigenvalue weighted by atomic mass is 31.2. The molecule has 0 radical (unpaired) electrons. The minimum Gasteiger partial charge on any atom is -0.756 e. The van der Waals surface area contributed by atoms with Gasteiger partial charge in [-0.1, -0.05) is 403 Å². The SMILES string of the molecule is CCCCCCC/C=C\C/C=C\C/C=C\CCCCCCCCCCCCCCCCCCCCCCCCC(=O)NC(COP(=O)([O-])OCC[N+](C)(C)C)C(O)CCCCCCCCCCCCCCCCCCCCCCCCCCCCCCCCC. The Balaban J connectivity index is 3.91. The Morgan fingerprint density at radius 3 is 0.933 bits per heavy atom. The molecular formula is C81H159N2O6P. The molecular weight excluding hydrogens is 1130 g/mol. The molecule has 8 nitrogen and oxygen atoms in total. The van der Waals surface area contributed by atoms with E-state index in [-0.39, 0.29) is 19.1 Å². The van der Waals surface area contributed by atoms with Crippen molar-refractivity contribution in [3.8, 4) is 0 Å². The Kier molecular flexibility index (Phi) is 71.0. The molecule has 0 rings (SSSR count). The highest BCUT2D eigenvalue weighted by molar-refractivity contribution is 7.45. The third kappa shape index (κ3) is 74.1. The first kappa shape index (κ1) is 88.7. The van der Waals surface area contributed by atoms with Crippen molar-refractivity contribution in [3.63, 3.8) is 0 Å². The fourth-order valence-corrected chi connectivity index (χ4v) is 13.4. The van der Waals surface area contributed by atoms with Gasteiger partial charge in [0.1, 0.15) is 13.2 Å². The third-order valence-corrected chi connectivity index (χ3v) is 19.8. The van der Waals surface area contributed by atoms with E-state index in [9.17, 15) is 19.4 Å². The largest absolute Gasteiger partial charge is 0.756 e. The van der Waals surface area contributed by atoms with Crippen molar-refractivity contribution >= 4 is 13.7 Å². The summed E-state index contributed by atoms with van der Waals surface area (Å²) in [5.41, 5.74) is 0. The maximum absolute atomic E-state index is 13.1. The minimum atomic E-state index is -4.58. The number of allylic oxidation sites excluding steroid dienone is 6. The van der Waals surface area contributed by atoms with Crippen molar-refractivity contribution in [1.82, 2.24) is 5.32 Å². The van der Waals surface area contributed by atoms with Crippen molar-refractivity contribution in [3.05, 3.63) is 36.5 Å². The van der Waals surface area contributed by atoms with Gasteiger partial charge in [-0.05, 0) is 51.4 Å². The van der Waals surface area contributed by atoms with E-state index < -0.39 is 20.0 Å². The highest BCUT2D eigenvalue weighted by Crippen LogP contribution is 2.38. The summed E-state index contributed by atoms with van der Waals surface area (Å²) in [6, 6.07) is -0.801. The number of nitrogens with zero attached hydrogens (tertiary/aromatic N) is 1. The van der Waals surface area contributed by atoms with Crippen LogP contribution in [0, 0.1) is 0 Å². The van der Waals surface area contributed by atoms with E-state index in [1.165, 1.54) is 347 Å². The topological polar surface area (TPSA) is 108 Å². The number of hydrogen-bond acceptors (Lipinski definition) is 6. The summed E-state index contributed by atoms with van der Waals surface area (Å²) in [7, 11) is 1.33. The predicted molar refractivity (Wildman–Crippen MR) is 395 cm³/mol. The number of phosphoric ester groups is 1. The number of rotatable bonds is 76. The molecule has 0 fully saturated rings. The number of amides is 1. The number of hydrogen-bond donors (Lipinski definition) is 2. The second-order valence-electron chi connectivity index (χ2n) is 29.1. The second-order valence-corrected chi connectivity index (χ2v) is 30.5. The Morgan fingerprint density at radius 1 is 0.389 bits per heavy atom. The molecule has 0 bridgehead atoms. The van der Waals surface area contributed by atoms with Gasteiger partial charge in [0.15, 0.2) is 0 Å². The van der Waals surface area contributed by atoms with Gasteiger partial charge < -0.3 is 28.8 Å². The predicted octanol–water partition coefficient (Wildman–Crippen LogP) is 25.7. The van der Waals surface area contributed by atoms with Crippen LogP contribution in [0.4, 0.5) is 0 Å². The molecule has 0 aliphatic rings. The highest BCUT2D eigenvalue weighted by Gasteiger charge is 2.24. The van der Waals surface area contributed by atoms with E-state index in [4.69, 9.17) is 9.05 Å². The monoisotopic (exact) mass is 1290 g/mol. The summed E-state index contributed by atoms with van der Waals surface area (Å²) in [5, 5.41) is 14.2. The first-order chi connectivity index (χ1) is 44.0. The van der Waals surface area contributed by atoms with Gasteiger partial charge in [-0.25, -0.2) is 0 Å². The second kappa shape index (κ2) is 72.0. The Labute approximate surface area is 563 Å². The van der Waals surface area contributed by atoms with Crippen LogP contribution in [0.5, 0.6) is 0 Å². The molecule has 0 spiro atoms. The number of quaternary nitrogens is 1. The fraction of sp³-hybridized carbons (Fsp3) is 0.914. The maximum Gasteiger partial charge on any atom is 0.268 e. The van der Waals surface area contributed by atoms with Gasteiger partial charge in [-0.2, -0.15) is 0 Å². The number of likely N-dealkylation sites (N-methyl/N-ethyl adjacent to an activating group) is 1. The molecule has 90 heavy (non-hydrogen) atoms. The summed E-state index contributed by atoms with van der Waals surface area (Å²) in [6.07, 6.45) is 97.0. The molecule has 0 aromatic carbocycles. The van der Waals surface area contributed by atoms with E-state index in [1.54, 1.807) is 0 Å². The fourth-order valence-electron chi connectivity index (χ4n) is 12.6. The normalized spacial score (nSPS) is 13.6. The number of unbranched alkanes of at least 4 members (excludes halogenated alkanes) is 57. The molecule has 0 aliphatic heterocycles. The molecule has 1 amide bonds. The molecule has 3 unspecified atom stereocenters. The zero-order valence-electron chi connectivity index (χ0n) is 61.4. The lowest BCUT2D eigenvalue weighted by Crippen LogP contribution is -2.46. The third-order valence-electron chi connectivity index (χ3n) is 18.9. The average Bonchev–Trinajstić information content (AvgIpc) is 3.18. The number of carbonyl (C=O) groups excluding carboxylic acids is 1. The lowest BCUT2D eigenvalue weighted by molar-refractivity contribution is -0.870. The average molecular weight is 1290 g/mol. The van der Waals surface area contributed by atoms with Crippen molar-refractivity contribution < 1.29 is 32.9 Å². The van der Waals surface area contributed by atoms with Gasteiger partial charge >= 0.3 is 0 Å². The molecule has 0 aliphatic carbocycles. The quantitative estimate of drug-likeness (QED) is 0.0272. The first-order valence-corrected chi connectivity index (χ1v) is 41.8. The van der Waals surface area contributed by atoms with Crippen LogP contribution in [0.25, 0.3) is 0 Å². The molecule has 3 atom stereocenters. The smallest absolute Gasteiger partial charge is 0.268 e. The molecule has 2 N–H and O–H groups in total. The van der Waals surface area contributed by atoms with Gasteiger partial charge in [0.05, 0.1) is 39.9 Å². The maximum atomic E-state index is 13.1. The zero-order chi connectivity index (χ0) is 65.5. The van der Waals surface area contributed by atoms with Crippen LogP contribution in [0.1, 0.15) is 425 Å². The van der Waals surface area contributed by atoms with Crippen LogP contribution < -0.4 is 10.2 Å². The van der Waals surface area contributed by atoms with Crippen LogP contribution >= 0.6 is 7.82 Å². The van der Waals surface area contributed by atoms with E-state index in [0.29, 0.717) is 23.9 Å². The molecule has 9 heteroatoms. The lowest BCUT2D eigenvalue weighted by atomic mass is 10.0. The van der Waals surface area contributed by atoms with Gasteiger partial charge in [-0.15, -0.1) is 0 Å². The van der Waals surface area contributed by atoms with Crippen molar-refractivity contribution in [1.29, 1.82) is 0 Å². The molecule has 0 aromatic heterocycles.